The Hall–Kier alpha value is -3.34. The Bertz CT molecular complexity index is 1330. The smallest absolute Gasteiger partial charge is 0.332 e. The maximum absolute atomic E-state index is 12.8. The molecule has 0 bridgehead atoms. The van der Waals surface area contributed by atoms with Crippen molar-refractivity contribution >= 4 is 34.4 Å². The standard InChI is InChI=1S/C21H23N5O5S/c1-25-18-16(20(28)26(2)21(25)29)19(24-17(23-18)11-5-6-11)32-10-15(27)22-13-8-7-12(30-3)9-14(13)31-4/h7-9,11H,5-6,10H2,1-4H3,(H,22,27). The van der Waals surface area contributed by atoms with Gasteiger partial charge in [0.15, 0.2) is 5.65 Å². The molecule has 0 saturated heterocycles. The summed E-state index contributed by atoms with van der Waals surface area (Å²) in [7, 11) is 6.04. The van der Waals surface area contributed by atoms with Gasteiger partial charge in [0, 0.05) is 26.1 Å². The fourth-order valence-corrected chi connectivity index (χ4v) is 4.12. The van der Waals surface area contributed by atoms with Gasteiger partial charge < -0.3 is 14.8 Å². The van der Waals surface area contributed by atoms with Crippen LogP contribution in [0.2, 0.25) is 0 Å². The van der Waals surface area contributed by atoms with Gasteiger partial charge >= 0.3 is 5.69 Å². The van der Waals surface area contributed by atoms with Gasteiger partial charge in [-0.05, 0) is 25.0 Å². The first kappa shape index (κ1) is 21.9. The minimum atomic E-state index is -0.481. The summed E-state index contributed by atoms with van der Waals surface area (Å²) in [4.78, 5) is 46.9. The second kappa shape index (κ2) is 8.65. The number of carbonyl (C=O) groups excluding carboxylic acids is 1. The number of amides is 1. The van der Waals surface area contributed by atoms with Crippen molar-refractivity contribution in [1.29, 1.82) is 0 Å². The van der Waals surface area contributed by atoms with Crippen LogP contribution in [0, 0.1) is 0 Å². The van der Waals surface area contributed by atoms with E-state index in [9.17, 15) is 14.4 Å². The Morgan fingerprint density at radius 1 is 1.16 bits per heavy atom. The molecule has 1 aromatic carbocycles. The summed E-state index contributed by atoms with van der Waals surface area (Å²) >= 11 is 1.14. The Morgan fingerprint density at radius 2 is 1.91 bits per heavy atom. The summed E-state index contributed by atoms with van der Waals surface area (Å²) < 4.78 is 12.8. The molecule has 10 nitrogen and oxygen atoms in total. The molecule has 11 heteroatoms. The number of ether oxygens (including phenoxy) is 2. The van der Waals surface area contributed by atoms with Crippen LogP contribution in [0.5, 0.6) is 11.5 Å². The van der Waals surface area contributed by atoms with Crippen LogP contribution in [0.15, 0.2) is 32.8 Å². The molecular formula is C21H23N5O5S. The van der Waals surface area contributed by atoms with Crippen LogP contribution in [0.3, 0.4) is 0 Å². The van der Waals surface area contributed by atoms with Crippen molar-refractivity contribution in [3.05, 3.63) is 44.9 Å². The Morgan fingerprint density at radius 3 is 2.56 bits per heavy atom. The van der Waals surface area contributed by atoms with Gasteiger partial charge in [0.1, 0.15) is 27.7 Å². The third-order valence-electron chi connectivity index (χ3n) is 5.25. The van der Waals surface area contributed by atoms with Crippen molar-refractivity contribution in [2.45, 2.75) is 23.8 Å². The van der Waals surface area contributed by atoms with E-state index in [0.29, 0.717) is 28.0 Å². The summed E-state index contributed by atoms with van der Waals surface area (Å²) in [6.07, 6.45) is 1.93. The number of anilines is 1. The monoisotopic (exact) mass is 457 g/mol. The molecule has 0 unspecified atom stereocenters. The molecule has 1 aliphatic rings. The van der Waals surface area contributed by atoms with Gasteiger partial charge in [0.25, 0.3) is 5.56 Å². The first-order valence-corrected chi connectivity index (χ1v) is 10.9. The van der Waals surface area contributed by atoms with Gasteiger partial charge in [-0.15, -0.1) is 0 Å². The summed E-state index contributed by atoms with van der Waals surface area (Å²) in [5.74, 6) is 1.61. The maximum atomic E-state index is 12.8. The van der Waals surface area contributed by atoms with Gasteiger partial charge in [-0.25, -0.2) is 14.8 Å². The molecule has 3 aromatic rings. The molecule has 168 valence electrons. The summed E-state index contributed by atoms with van der Waals surface area (Å²) in [5, 5.41) is 3.43. The van der Waals surface area contributed by atoms with Crippen molar-refractivity contribution in [1.82, 2.24) is 19.1 Å². The Kier molecular flexibility index (Phi) is 5.92. The van der Waals surface area contributed by atoms with Crippen molar-refractivity contribution < 1.29 is 14.3 Å². The van der Waals surface area contributed by atoms with Crippen molar-refractivity contribution in [2.75, 3.05) is 25.3 Å². The fraction of sp³-hybridized carbons (Fsp3) is 0.381. The number of carbonyl (C=O) groups is 1. The number of nitrogens with zero attached hydrogens (tertiary/aromatic N) is 4. The number of hydrogen-bond donors (Lipinski definition) is 1. The minimum absolute atomic E-state index is 0.0113. The number of nitrogens with one attached hydrogen (secondary N) is 1. The molecule has 1 amide bonds. The van der Waals surface area contributed by atoms with E-state index in [1.807, 2.05) is 0 Å². The molecule has 1 aliphatic carbocycles. The van der Waals surface area contributed by atoms with Crippen LogP contribution in [0.4, 0.5) is 5.69 Å². The predicted molar refractivity (Wildman–Crippen MR) is 121 cm³/mol. The van der Waals surface area contributed by atoms with E-state index >= 15 is 0 Å². The molecule has 1 fully saturated rings. The zero-order valence-corrected chi connectivity index (χ0v) is 19.0. The number of aryl methyl sites for hydroxylation is 1. The molecule has 0 atom stereocenters. The number of thioether (sulfide) groups is 1. The highest BCUT2D eigenvalue weighted by molar-refractivity contribution is 8.00. The van der Waals surface area contributed by atoms with Gasteiger partial charge in [-0.2, -0.15) is 0 Å². The Balaban J connectivity index is 1.64. The van der Waals surface area contributed by atoms with E-state index in [0.717, 1.165) is 29.2 Å². The molecule has 2 aromatic heterocycles. The highest BCUT2D eigenvalue weighted by Crippen LogP contribution is 2.39. The zero-order chi connectivity index (χ0) is 23.0. The normalized spacial score (nSPS) is 13.2. The van der Waals surface area contributed by atoms with Crippen LogP contribution in [0.1, 0.15) is 24.6 Å². The summed E-state index contributed by atoms with van der Waals surface area (Å²) in [6.45, 7) is 0. The van der Waals surface area contributed by atoms with Gasteiger partial charge in [-0.1, -0.05) is 11.8 Å². The highest BCUT2D eigenvalue weighted by atomic mass is 32.2. The van der Waals surface area contributed by atoms with Crippen LogP contribution < -0.4 is 26.0 Å². The van der Waals surface area contributed by atoms with E-state index in [4.69, 9.17) is 9.47 Å². The van der Waals surface area contributed by atoms with Crippen LogP contribution in [-0.4, -0.2) is 45.0 Å². The fourth-order valence-electron chi connectivity index (χ4n) is 3.30. The number of aromatic nitrogens is 4. The number of hydrogen-bond acceptors (Lipinski definition) is 8. The van der Waals surface area contributed by atoms with E-state index < -0.39 is 11.2 Å². The van der Waals surface area contributed by atoms with Gasteiger partial charge in [-0.3, -0.25) is 18.7 Å². The third-order valence-corrected chi connectivity index (χ3v) is 6.22. The Labute approximate surface area is 187 Å². The van der Waals surface area contributed by atoms with E-state index in [-0.39, 0.29) is 28.6 Å². The number of methoxy groups -OCH3 is 2. The molecule has 0 spiro atoms. The number of fused-ring (bicyclic) bond motifs is 1. The largest absolute Gasteiger partial charge is 0.497 e. The number of benzene rings is 1. The summed E-state index contributed by atoms with van der Waals surface area (Å²) in [6, 6.07) is 5.08. The molecule has 4 rings (SSSR count). The van der Waals surface area contributed by atoms with E-state index in [1.54, 1.807) is 32.4 Å². The van der Waals surface area contributed by atoms with Crippen LogP contribution in [-0.2, 0) is 18.9 Å². The van der Waals surface area contributed by atoms with Crippen molar-refractivity contribution in [2.24, 2.45) is 14.1 Å². The quantitative estimate of drug-likeness (QED) is 0.420. The SMILES string of the molecule is COc1ccc(NC(=O)CSc2nc(C3CC3)nc3c2c(=O)n(C)c(=O)n3C)c(OC)c1. The molecule has 2 heterocycles. The predicted octanol–water partition coefficient (Wildman–Crippen LogP) is 1.65. The van der Waals surface area contributed by atoms with Gasteiger partial charge in [0.05, 0.1) is 25.7 Å². The average molecular weight is 458 g/mol. The maximum Gasteiger partial charge on any atom is 0.332 e. The first-order valence-electron chi connectivity index (χ1n) is 9.96. The van der Waals surface area contributed by atoms with E-state index in [1.165, 1.54) is 18.7 Å². The highest BCUT2D eigenvalue weighted by Gasteiger charge is 2.29. The van der Waals surface area contributed by atoms with E-state index in [2.05, 4.69) is 15.3 Å². The second-order valence-corrected chi connectivity index (χ2v) is 8.43. The lowest BCUT2D eigenvalue weighted by molar-refractivity contribution is -0.113. The molecule has 1 saturated carbocycles. The topological polar surface area (TPSA) is 117 Å². The molecule has 32 heavy (non-hydrogen) atoms. The van der Waals surface area contributed by atoms with Crippen molar-refractivity contribution in [3.63, 3.8) is 0 Å². The molecule has 0 radical (unpaired) electrons. The lowest BCUT2D eigenvalue weighted by atomic mass is 10.2. The average Bonchev–Trinajstić information content (AvgIpc) is 3.65. The molecule has 1 N–H and O–H groups in total. The minimum Gasteiger partial charge on any atom is -0.497 e. The summed E-state index contributed by atoms with van der Waals surface area (Å²) in [5.41, 5.74) is -0.147. The van der Waals surface area contributed by atoms with Crippen LogP contribution in [0.25, 0.3) is 11.0 Å². The first-order chi connectivity index (χ1) is 15.3. The van der Waals surface area contributed by atoms with Gasteiger partial charge in [0.2, 0.25) is 5.91 Å². The zero-order valence-electron chi connectivity index (χ0n) is 18.2. The lowest BCUT2D eigenvalue weighted by Gasteiger charge is -2.13. The second-order valence-electron chi connectivity index (χ2n) is 7.47. The molecular weight excluding hydrogens is 434 g/mol. The molecule has 0 aliphatic heterocycles. The number of rotatable bonds is 7. The lowest BCUT2D eigenvalue weighted by Crippen LogP contribution is -2.37. The van der Waals surface area contributed by atoms with Crippen molar-refractivity contribution in [3.8, 4) is 11.5 Å². The third kappa shape index (κ3) is 4.07. The van der Waals surface area contributed by atoms with Crippen LogP contribution >= 0.6 is 11.8 Å².